The van der Waals surface area contributed by atoms with Crippen LogP contribution in [-0.2, 0) is 16.1 Å². The lowest BCUT2D eigenvalue weighted by Crippen LogP contribution is -2.38. The number of likely N-dealkylation sites (tertiary alicyclic amines) is 2. The van der Waals surface area contributed by atoms with Gasteiger partial charge in [0.25, 0.3) is 0 Å². The van der Waals surface area contributed by atoms with E-state index in [2.05, 4.69) is 0 Å². The maximum atomic E-state index is 12.6. The van der Waals surface area contributed by atoms with Crippen molar-refractivity contribution in [2.45, 2.75) is 38.8 Å². The summed E-state index contributed by atoms with van der Waals surface area (Å²) in [5.74, 6) is -0.237. The molecular formula is C18H24N2O3. The van der Waals surface area contributed by atoms with Crippen molar-refractivity contribution in [3.05, 3.63) is 35.4 Å². The molecule has 2 atom stereocenters. The fourth-order valence-corrected chi connectivity index (χ4v) is 3.40. The Labute approximate surface area is 136 Å². The number of nitrogens with zero attached hydrogens (tertiary/aromatic N) is 2. The number of hydrogen-bond donors (Lipinski definition) is 1. The van der Waals surface area contributed by atoms with Gasteiger partial charge in [-0.3, -0.25) is 9.59 Å². The summed E-state index contributed by atoms with van der Waals surface area (Å²) >= 11 is 0. The maximum Gasteiger partial charge on any atom is 0.228 e. The number of rotatable bonds is 3. The van der Waals surface area contributed by atoms with Crippen molar-refractivity contribution in [2.24, 2.45) is 5.92 Å². The van der Waals surface area contributed by atoms with E-state index in [1.165, 1.54) is 5.56 Å². The number of aliphatic hydroxyl groups is 1. The van der Waals surface area contributed by atoms with Crippen molar-refractivity contribution < 1.29 is 14.7 Å². The van der Waals surface area contributed by atoms with E-state index in [1.54, 1.807) is 16.7 Å². The molecule has 2 saturated heterocycles. The number of aryl methyl sites for hydroxylation is 1. The van der Waals surface area contributed by atoms with E-state index in [-0.39, 0.29) is 24.2 Å². The second-order valence-electron chi connectivity index (χ2n) is 7.17. The van der Waals surface area contributed by atoms with E-state index in [9.17, 15) is 14.7 Å². The lowest BCUT2D eigenvalue weighted by atomic mass is 10.1. The fraction of sp³-hybridized carbons (Fsp3) is 0.556. The highest BCUT2D eigenvalue weighted by molar-refractivity contribution is 5.89. The van der Waals surface area contributed by atoms with Crippen LogP contribution < -0.4 is 0 Å². The molecule has 124 valence electrons. The number of carbonyl (C=O) groups excluding carboxylic acids is 2. The van der Waals surface area contributed by atoms with Crippen molar-refractivity contribution in [3.63, 3.8) is 0 Å². The Bertz CT molecular complexity index is 609. The topological polar surface area (TPSA) is 60.9 Å². The van der Waals surface area contributed by atoms with Gasteiger partial charge in [-0.1, -0.05) is 29.8 Å². The molecule has 2 aliphatic heterocycles. The van der Waals surface area contributed by atoms with Gasteiger partial charge >= 0.3 is 0 Å². The predicted molar refractivity (Wildman–Crippen MR) is 86.5 cm³/mol. The van der Waals surface area contributed by atoms with Crippen molar-refractivity contribution in [3.8, 4) is 0 Å². The predicted octanol–water partition coefficient (Wildman–Crippen LogP) is 1.33. The van der Waals surface area contributed by atoms with Crippen molar-refractivity contribution in [1.29, 1.82) is 0 Å². The molecule has 0 bridgehead atoms. The largest absolute Gasteiger partial charge is 0.388 e. The van der Waals surface area contributed by atoms with Crippen LogP contribution in [0.25, 0.3) is 0 Å². The van der Waals surface area contributed by atoms with Gasteiger partial charge in [0.05, 0.1) is 11.5 Å². The van der Waals surface area contributed by atoms with Crippen LogP contribution in [-0.4, -0.2) is 52.0 Å². The Morgan fingerprint density at radius 3 is 2.65 bits per heavy atom. The van der Waals surface area contributed by atoms with E-state index >= 15 is 0 Å². The Morgan fingerprint density at radius 1 is 1.35 bits per heavy atom. The molecule has 2 heterocycles. The van der Waals surface area contributed by atoms with Crippen LogP contribution in [0.5, 0.6) is 0 Å². The van der Waals surface area contributed by atoms with Gasteiger partial charge in [0.1, 0.15) is 0 Å². The highest BCUT2D eigenvalue weighted by atomic mass is 16.3. The summed E-state index contributed by atoms with van der Waals surface area (Å²) in [6, 6.07) is 8.11. The zero-order valence-corrected chi connectivity index (χ0v) is 13.8. The Morgan fingerprint density at radius 2 is 2.04 bits per heavy atom. The van der Waals surface area contributed by atoms with E-state index in [0.717, 1.165) is 5.56 Å². The van der Waals surface area contributed by atoms with Gasteiger partial charge in [-0.25, -0.2) is 0 Å². The first-order chi connectivity index (χ1) is 10.8. The summed E-state index contributed by atoms with van der Waals surface area (Å²) in [5.41, 5.74) is 1.48. The minimum atomic E-state index is -0.792. The second kappa shape index (κ2) is 5.96. The number of hydrogen-bond acceptors (Lipinski definition) is 3. The van der Waals surface area contributed by atoms with Crippen molar-refractivity contribution >= 4 is 11.8 Å². The molecule has 0 spiro atoms. The maximum absolute atomic E-state index is 12.6. The number of benzene rings is 1. The molecule has 2 aliphatic rings. The summed E-state index contributed by atoms with van der Waals surface area (Å²) in [6.07, 6.45) is 0.885. The molecule has 1 aromatic carbocycles. The minimum Gasteiger partial charge on any atom is -0.388 e. The van der Waals surface area contributed by atoms with Crippen LogP contribution in [0.3, 0.4) is 0 Å². The Balaban J connectivity index is 1.61. The number of carbonyl (C=O) groups is 2. The third kappa shape index (κ3) is 3.55. The molecule has 3 rings (SSSR count). The molecule has 5 heteroatoms. The number of β-amino-alcohol motifs (C(OH)–C–C–N with tert-alkyl or cyclic N) is 1. The van der Waals surface area contributed by atoms with E-state index in [0.29, 0.717) is 32.6 Å². The molecular weight excluding hydrogens is 292 g/mol. The van der Waals surface area contributed by atoms with Crippen LogP contribution in [0, 0.1) is 12.8 Å². The first-order valence-electron chi connectivity index (χ1n) is 8.18. The summed E-state index contributed by atoms with van der Waals surface area (Å²) < 4.78 is 0. The molecule has 2 fully saturated rings. The first kappa shape index (κ1) is 16.0. The monoisotopic (exact) mass is 316 g/mol. The van der Waals surface area contributed by atoms with Gasteiger partial charge in [-0.05, 0) is 25.8 Å². The van der Waals surface area contributed by atoms with E-state index < -0.39 is 5.60 Å². The van der Waals surface area contributed by atoms with Gasteiger partial charge in [-0.2, -0.15) is 0 Å². The van der Waals surface area contributed by atoms with Crippen LogP contribution >= 0.6 is 0 Å². The molecule has 0 aliphatic carbocycles. The standard InChI is InChI=1S/C18H24N2O3/c1-13-3-5-14(6-4-13)10-20-11-15(9-16(20)21)17(22)19-8-7-18(2,23)12-19/h3-6,15,23H,7-12H2,1-2H3/t15-,18-/m0/s1. The van der Waals surface area contributed by atoms with Gasteiger partial charge in [0, 0.05) is 32.6 Å². The molecule has 1 aromatic rings. The smallest absolute Gasteiger partial charge is 0.228 e. The molecule has 0 saturated carbocycles. The average Bonchev–Trinajstić information content (AvgIpc) is 3.04. The minimum absolute atomic E-state index is 0.00234. The van der Waals surface area contributed by atoms with Gasteiger partial charge in [0.15, 0.2) is 0 Å². The summed E-state index contributed by atoms with van der Waals surface area (Å²) in [6.45, 7) is 5.77. The van der Waals surface area contributed by atoms with Gasteiger partial charge in [0.2, 0.25) is 11.8 Å². The molecule has 0 radical (unpaired) electrons. The van der Waals surface area contributed by atoms with Gasteiger partial charge < -0.3 is 14.9 Å². The Kier molecular flexibility index (Phi) is 4.15. The van der Waals surface area contributed by atoms with Crippen LogP contribution in [0.1, 0.15) is 30.9 Å². The molecule has 5 nitrogen and oxygen atoms in total. The lowest BCUT2D eigenvalue weighted by Gasteiger charge is -2.22. The van der Waals surface area contributed by atoms with Crippen LogP contribution in [0.4, 0.5) is 0 Å². The van der Waals surface area contributed by atoms with Crippen molar-refractivity contribution in [2.75, 3.05) is 19.6 Å². The quantitative estimate of drug-likeness (QED) is 0.915. The lowest BCUT2D eigenvalue weighted by molar-refractivity contribution is -0.135. The molecule has 23 heavy (non-hydrogen) atoms. The highest BCUT2D eigenvalue weighted by Gasteiger charge is 2.40. The average molecular weight is 316 g/mol. The van der Waals surface area contributed by atoms with E-state index in [1.807, 2.05) is 31.2 Å². The third-order valence-electron chi connectivity index (χ3n) is 4.82. The zero-order valence-electron chi connectivity index (χ0n) is 13.8. The van der Waals surface area contributed by atoms with Gasteiger partial charge in [-0.15, -0.1) is 0 Å². The molecule has 2 amide bonds. The fourth-order valence-electron chi connectivity index (χ4n) is 3.40. The normalized spacial score (nSPS) is 27.8. The van der Waals surface area contributed by atoms with Crippen LogP contribution in [0.2, 0.25) is 0 Å². The van der Waals surface area contributed by atoms with E-state index in [4.69, 9.17) is 0 Å². The third-order valence-corrected chi connectivity index (χ3v) is 4.82. The highest BCUT2D eigenvalue weighted by Crippen LogP contribution is 2.26. The SMILES string of the molecule is Cc1ccc(CN2C[C@@H](C(=O)N3CC[C@](C)(O)C3)CC2=O)cc1. The summed E-state index contributed by atoms with van der Waals surface area (Å²) in [4.78, 5) is 28.2. The van der Waals surface area contributed by atoms with Crippen molar-refractivity contribution in [1.82, 2.24) is 9.80 Å². The molecule has 0 unspecified atom stereocenters. The Hall–Kier alpha value is -1.88. The zero-order chi connectivity index (χ0) is 16.6. The van der Waals surface area contributed by atoms with Crippen LogP contribution in [0.15, 0.2) is 24.3 Å². The second-order valence-corrected chi connectivity index (χ2v) is 7.17. The summed E-state index contributed by atoms with van der Waals surface area (Å²) in [5, 5.41) is 10.0. The molecule has 0 aromatic heterocycles. The molecule has 1 N–H and O–H groups in total. The number of amides is 2. The summed E-state index contributed by atoms with van der Waals surface area (Å²) in [7, 11) is 0. The first-order valence-corrected chi connectivity index (χ1v) is 8.18.